The molecule has 0 unspecified atom stereocenters. The van der Waals surface area contributed by atoms with Crippen LogP contribution >= 0.6 is 0 Å². The van der Waals surface area contributed by atoms with Gasteiger partial charge in [0.1, 0.15) is 0 Å². The van der Waals surface area contributed by atoms with E-state index in [1.54, 1.807) is 12.3 Å². The molecule has 2 heterocycles. The minimum absolute atomic E-state index is 0.0871. The van der Waals surface area contributed by atoms with E-state index < -0.39 is 0 Å². The molecule has 112 valence electrons. The van der Waals surface area contributed by atoms with E-state index in [1.807, 2.05) is 41.7 Å². The van der Waals surface area contributed by atoms with E-state index in [2.05, 4.69) is 15.5 Å². The SMILES string of the molecule is CCn1cc(/C=C/C(=O)NCCCn2ccc(C)n2)cn1. The quantitative estimate of drug-likeness (QED) is 0.622. The maximum Gasteiger partial charge on any atom is 0.244 e. The third kappa shape index (κ3) is 4.91. The summed E-state index contributed by atoms with van der Waals surface area (Å²) in [6.45, 7) is 6.25. The molecule has 0 saturated carbocycles. The lowest BCUT2D eigenvalue weighted by Crippen LogP contribution is -2.23. The molecule has 2 rings (SSSR count). The molecule has 6 nitrogen and oxygen atoms in total. The van der Waals surface area contributed by atoms with E-state index in [0.717, 1.165) is 30.8 Å². The number of nitrogens with one attached hydrogen (secondary N) is 1. The van der Waals surface area contributed by atoms with Gasteiger partial charge in [0.05, 0.1) is 11.9 Å². The van der Waals surface area contributed by atoms with Gasteiger partial charge in [-0.1, -0.05) is 0 Å². The number of hydrogen-bond donors (Lipinski definition) is 1. The highest BCUT2D eigenvalue weighted by Crippen LogP contribution is 2.00. The topological polar surface area (TPSA) is 64.7 Å². The number of aryl methyl sites for hydroxylation is 3. The number of rotatable bonds is 7. The first-order valence-electron chi connectivity index (χ1n) is 7.16. The van der Waals surface area contributed by atoms with Crippen LogP contribution in [0.3, 0.4) is 0 Å². The van der Waals surface area contributed by atoms with E-state index in [0.29, 0.717) is 6.54 Å². The average Bonchev–Trinajstić information content (AvgIpc) is 3.10. The van der Waals surface area contributed by atoms with Gasteiger partial charge in [-0.25, -0.2) is 0 Å². The van der Waals surface area contributed by atoms with Crippen molar-refractivity contribution in [2.75, 3.05) is 6.54 Å². The van der Waals surface area contributed by atoms with Crippen molar-refractivity contribution >= 4 is 12.0 Å². The van der Waals surface area contributed by atoms with E-state index in [-0.39, 0.29) is 5.91 Å². The highest BCUT2D eigenvalue weighted by Gasteiger charge is 1.98. The Kier molecular flexibility index (Phi) is 5.31. The van der Waals surface area contributed by atoms with E-state index in [9.17, 15) is 4.79 Å². The predicted octanol–water partition coefficient (Wildman–Crippen LogP) is 1.63. The molecule has 0 atom stereocenters. The fourth-order valence-corrected chi connectivity index (χ4v) is 1.91. The first-order chi connectivity index (χ1) is 10.2. The zero-order valence-electron chi connectivity index (χ0n) is 12.5. The molecule has 21 heavy (non-hydrogen) atoms. The molecule has 2 aromatic heterocycles. The molecule has 0 bridgehead atoms. The van der Waals surface area contributed by atoms with Gasteiger partial charge in [0.15, 0.2) is 0 Å². The largest absolute Gasteiger partial charge is 0.352 e. The maximum absolute atomic E-state index is 11.7. The Labute approximate surface area is 124 Å². The Hall–Kier alpha value is -2.37. The number of nitrogens with zero attached hydrogens (tertiary/aromatic N) is 4. The van der Waals surface area contributed by atoms with Gasteiger partial charge in [0, 0.05) is 43.7 Å². The van der Waals surface area contributed by atoms with Crippen LogP contribution in [0.2, 0.25) is 0 Å². The number of amides is 1. The zero-order chi connectivity index (χ0) is 15.1. The van der Waals surface area contributed by atoms with Crippen LogP contribution in [0.25, 0.3) is 6.08 Å². The van der Waals surface area contributed by atoms with Gasteiger partial charge >= 0.3 is 0 Å². The number of hydrogen-bond acceptors (Lipinski definition) is 3. The molecule has 1 amide bonds. The Balaban J connectivity index is 1.67. The Morgan fingerprint density at radius 3 is 2.95 bits per heavy atom. The molecule has 2 aromatic rings. The van der Waals surface area contributed by atoms with Gasteiger partial charge in [-0.05, 0) is 32.4 Å². The normalized spacial score (nSPS) is 11.1. The van der Waals surface area contributed by atoms with Gasteiger partial charge in [0.25, 0.3) is 0 Å². The highest BCUT2D eigenvalue weighted by atomic mass is 16.1. The van der Waals surface area contributed by atoms with E-state index >= 15 is 0 Å². The van der Waals surface area contributed by atoms with Crippen LogP contribution in [0.5, 0.6) is 0 Å². The summed E-state index contributed by atoms with van der Waals surface area (Å²) in [5.74, 6) is -0.0871. The molecule has 6 heteroatoms. The fraction of sp³-hybridized carbons (Fsp3) is 0.400. The summed E-state index contributed by atoms with van der Waals surface area (Å²) in [6.07, 6.45) is 9.76. The van der Waals surface area contributed by atoms with Gasteiger partial charge in [-0.15, -0.1) is 0 Å². The molecular weight excluding hydrogens is 266 g/mol. The van der Waals surface area contributed by atoms with Crippen molar-refractivity contribution in [3.63, 3.8) is 0 Å². The van der Waals surface area contributed by atoms with Gasteiger partial charge in [-0.3, -0.25) is 14.2 Å². The molecule has 0 aliphatic carbocycles. The molecule has 0 radical (unpaired) electrons. The standard InChI is InChI=1S/C15H21N5O/c1-3-19-12-14(11-17-19)5-6-15(21)16-8-4-9-20-10-7-13(2)18-20/h5-7,10-12H,3-4,8-9H2,1-2H3,(H,16,21)/b6-5+. The number of carbonyl (C=O) groups is 1. The first kappa shape index (κ1) is 15.0. The van der Waals surface area contributed by atoms with Crippen molar-refractivity contribution in [3.8, 4) is 0 Å². The Bertz CT molecular complexity index is 611. The fourth-order valence-electron chi connectivity index (χ4n) is 1.91. The monoisotopic (exact) mass is 287 g/mol. The van der Waals surface area contributed by atoms with Crippen LogP contribution in [-0.4, -0.2) is 32.0 Å². The van der Waals surface area contributed by atoms with Crippen molar-refractivity contribution in [2.24, 2.45) is 0 Å². The van der Waals surface area contributed by atoms with Gasteiger partial charge in [-0.2, -0.15) is 10.2 Å². The lowest BCUT2D eigenvalue weighted by atomic mass is 10.3. The van der Waals surface area contributed by atoms with Crippen molar-refractivity contribution in [3.05, 3.63) is 42.0 Å². The van der Waals surface area contributed by atoms with E-state index in [1.165, 1.54) is 6.08 Å². The predicted molar refractivity (Wildman–Crippen MR) is 81.5 cm³/mol. The molecule has 0 spiro atoms. The van der Waals surface area contributed by atoms with Crippen LogP contribution in [-0.2, 0) is 17.9 Å². The average molecular weight is 287 g/mol. The first-order valence-corrected chi connectivity index (χ1v) is 7.16. The Morgan fingerprint density at radius 1 is 1.43 bits per heavy atom. The zero-order valence-corrected chi connectivity index (χ0v) is 12.5. The molecule has 0 aliphatic heterocycles. The molecular formula is C15H21N5O. The smallest absolute Gasteiger partial charge is 0.244 e. The van der Waals surface area contributed by atoms with Crippen molar-refractivity contribution in [1.82, 2.24) is 24.9 Å². The van der Waals surface area contributed by atoms with Crippen molar-refractivity contribution in [1.29, 1.82) is 0 Å². The molecule has 1 N–H and O–H groups in total. The molecule has 0 saturated heterocycles. The van der Waals surface area contributed by atoms with Crippen LogP contribution in [0.4, 0.5) is 0 Å². The minimum atomic E-state index is -0.0871. The summed E-state index contributed by atoms with van der Waals surface area (Å²) in [6, 6.07) is 1.97. The van der Waals surface area contributed by atoms with E-state index in [4.69, 9.17) is 0 Å². The number of carbonyl (C=O) groups excluding carboxylic acids is 1. The van der Waals surface area contributed by atoms with Gasteiger partial charge in [0.2, 0.25) is 5.91 Å². The second-order valence-electron chi connectivity index (χ2n) is 4.83. The lowest BCUT2D eigenvalue weighted by molar-refractivity contribution is -0.116. The van der Waals surface area contributed by atoms with Crippen LogP contribution < -0.4 is 5.32 Å². The summed E-state index contributed by atoms with van der Waals surface area (Å²) in [4.78, 5) is 11.7. The summed E-state index contributed by atoms with van der Waals surface area (Å²) in [7, 11) is 0. The summed E-state index contributed by atoms with van der Waals surface area (Å²) >= 11 is 0. The number of aromatic nitrogens is 4. The second kappa shape index (κ2) is 7.42. The summed E-state index contributed by atoms with van der Waals surface area (Å²) in [5.41, 5.74) is 1.94. The van der Waals surface area contributed by atoms with Crippen molar-refractivity contribution < 1.29 is 4.79 Å². The van der Waals surface area contributed by atoms with Crippen molar-refractivity contribution in [2.45, 2.75) is 33.4 Å². The molecule has 0 aliphatic rings. The Morgan fingerprint density at radius 2 is 2.29 bits per heavy atom. The lowest BCUT2D eigenvalue weighted by Gasteiger charge is -2.02. The third-order valence-corrected chi connectivity index (χ3v) is 3.04. The van der Waals surface area contributed by atoms with Crippen LogP contribution in [0.1, 0.15) is 24.6 Å². The minimum Gasteiger partial charge on any atom is -0.352 e. The maximum atomic E-state index is 11.7. The highest BCUT2D eigenvalue weighted by molar-refractivity contribution is 5.91. The summed E-state index contributed by atoms with van der Waals surface area (Å²) < 4.78 is 3.71. The third-order valence-electron chi connectivity index (χ3n) is 3.04. The molecule has 0 fully saturated rings. The van der Waals surface area contributed by atoms with Gasteiger partial charge < -0.3 is 5.32 Å². The van der Waals surface area contributed by atoms with Crippen LogP contribution in [0, 0.1) is 6.92 Å². The van der Waals surface area contributed by atoms with Crippen LogP contribution in [0.15, 0.2) is 30.7 Å². The second-order valence-corrected chi connectivity index (χ2v) is 4.83. The summed E-state index contributed by atoms with van der Waals surface area (Å²) in [5, 5.41) is 11.3. The molecule has 0 aromatic carbocycles.